The second-order valence-electron chi connectivity index (χ2n) is 8.55. The first-order valence-corrected chi connectivity index (χ1v) is 13.0. The molecule has 0 radical (unpaired) electrons. The van der Waals surface area contributed by atoms with E-state index in [1.807, 2.05) is 48.7 Å². The molecule has 0 aliphatic heterocycles. The van der Waals surface area contributed by atoms with E-state index in [-0.39, 0.29) is 30.8 Å². The van der Waals surface area contributed by atoms with Gasteiger partial charge in [-0.2, -0.15) is 15.0 Å². The summed E-state index contributed by atoms with van der Waals surface area (Å²) in [6.45, 7) is 2.99. The Kier molecular flexibility index (Phi) is 9.25. The van der Waals surface area contributed by atoms with Crippen LogP contribution in [0.15, 0.2) is 66.0 Å². The van der Waals surface area contributed by atoms with E-state index in [9.17, 15) is 14.7 Å². The number of carbonyl (C=O) groups is 2. The second kappa shape index (κ2) is 13.2. The zero-order valence-electron chi connectivity index (χ0n) is 21.5. The number of aliphatic carboxylic acids is 1. The van der Waals surface area contributed by atoms with Crippen molar-refractivity contribution < 1.29 is 19.4 Å². The van der Waals surface area contributed by atoms with Crippen LogP contribution in [0.3, 0.4) is 0 Å². The monoisotopic (exact) mass is 547 g/mol. The number of aryl methyl sites for hydroxylation is 1. The van der Waals surface area contributed by atoms with Crippen LogP contribution in [0.4, 0.5) is 28.3 Å². The summed E-state index contributed by atoms with van der Waals surface area (Å²) in [6.07, 6.45) is -0.119. The van der Waals surface area contributed by atoms with Gasteiger partial charge in [-0.05, 0) is 36.1 Å². The number of amides is 2. The molecule has 2 amide bonds. The minimum Gasteiger partial charge on any atom is -0.495 e. The summed E-state index contributed by atoms with van der Waals surface area (Å²) >= 11 is 1.59. The lowest BCUT2D eigenvalue weighted by atomic mass is 10.1. The van der Waals surface area contributed by atoms with E-state index < -0.39 is 12.0 Å². The minimum absolute atomic E-state index is 0.00523. The van der Waals surface area contributed by atoms with Gasteiger partial charge in [0.2, 0.25) is 17.8 Å². The zero-order chi connectivity index (χ0) is 27.6. The van der Waals surface area contributed by atoms with Gasteiger partial charge in [-0.25, -0.2) is 4.79 Å². The van der Waals surface area contributed by atoms with Crippen molar-refractivity contribution in [3.63, 3.8) is 0 Å². The molecule has 202 valence electrons. The number of ether oxygens (including phenoxy) is 1. The van der Waals surface area contributed by atoms with Gasteiger partial charge >= 0.3 is 12.0 Å². The summed E-state index contributed by atoms with van der Waals surface area (Å²) in [6, 6.07) is 18.3. The molecule has 2 aromatic heterocycles. The Bertz CT molecular complexity index is 1420. The molecule has 0 aliphatic carbocycles. The minimum atomic E-state index is -0.941. The molecule has 0 fully saturated rings. The number of para-hydroxylation sites is 2. The Morgan fingerprint density at radius 2 is 1.82 bits per heavy atom. The first kappa shape index (κ1) is 27.3. The lowest BCUT2D eigenvalue weighted by molar-refractivity contribution is -0.136. The highest BCUT2D eigenvalue weighted by Crippen LogP contribution is 2.24. The van der Waals surface area contributed by atoms with Crippen molar-refractivity contribution in [2.75, 3.05) is 34.5 Å². The van der Waals surface area contributed by atoms with Crippen LogP contribution in [0.25, 0.3) is 0 Å². The SMILES string of the molecule is COc1ccccc1NC(=O)Nc1nc(NCc2cccs2)nc(N(CCC(=O)O)Cc2cccc(C)c2)n1. The van der Waals surface area contributed by atoms with Crippen molar-refractivity contribution in [2.45, 2.75) is 26.4 Å². The molecule has 0 aliphatic rings. The molecule has 2 heterocycles. The molecule has 4 rings (SSSR count). The van der Waals surface area contributed by atoms with Gasteiger partial charge in [-0.3, -0.25) is 10.1 Å². The highest BCUT2D eigenvalue weighted by molar-refractivity contribution is 7.09. The number of hydrogen-bond donors (Lipinski definition) is 4. The molecule has 0 saturated carbocycles. The number of carboxylic acids is 1. The van der Waals surface area contributed by atoms with Crippen molar-refractivity contribution in [3.8, 4) is 5.75 Å². The summed E-state index contributed by atoms with van der Waals surface area (Å²) in [7, 11) is 1.52. The Labute approximate surface area is 229 Å². The van der Waals surface area contributed by atoms with E-state index in [1.54, 1.807) is 40.5 Å². The first-order valence-electron chi connectivity index (χ1n) is 12.2. The summed E-state index contributed by atoms with van der Waals surface area (Å²) in [4.78, 5) is 40.5. The summed E-state index contributed by atoms with van der Waals surface area (Å²) < 4.78 is 5.30. The van der Waals surface area contributed by atoms with Gasteiger partial charge in [0.1, 0.15) is 5.75 Å². The number of aromatic nitrogens is 3. The average Bonchev–Trinajstić information content (AvgIpc) is 3.44. The van der Waals surface area contributed by atoms with Gasteiger partial charge in [0.25, 0.3) is 0 Å². The number of rotatable bonds is 12. The molecule has 4 N–H and O–H groups in total. The van der Waals surface area contributed by atoms with Crippen molar-refractivity contribution in [3.05, 3.63) is 82.0 Å². The van der Waals surface area contributed by atoms with Crippen LogP contribution in [0.1, 0.15) is 22.4 Å². The van der Waals surface area contributed by atoms with Crippen LogP contribution in [0.5, 0.6) is 5.75 Å². The third-order valence-corrected chi connectivity index (χ3v) is 6.42. The van der Waals surface area contributed by atoms with Crippen LogP contribution in [0.2, 0.25) is 0 Å². The third-order valence-electron chi connectivity index (χ3n) is 5.54. The Morgan fingerprint density at radius 3 is 2.56 bits per heavy atom. The Balaban J connectivity index is 1.62. The van der Waals surface area contributed by atoms with Gasteiger partial charge < -0.3 is 25.4 Å². The van der Waals surface area contributed by atoms with E-state index in [0.717, 1.165) is 16.0 Å². The van der Waals surface area contributed by atoms with Crippen molar-refractivity contribution >= 4 is 46.9 Å². The number of methoxy groups -OCH3 is 1. The normalized spacial score (nSPS) is 10.5. The number of hydrogen-bond acceptors (Lipinski definition) is 9. The highest BCUT2D eigenvalue weighted by atomic mass is 32.1. The molecule has 0 saturated heterocycles. The number of thiophene rings is 1. The summed E-state index contributed by atoms with van der Waals surface area (Å²) in [5.41, 5.74) is 2.53. The largest absolute Gasteiger partial charge is 0.495 e. The Hall–Kier alpha value is -4.71. The quantitative estimate of drug-likeness (QED) is 0.193. The second-order valence-corrected chi connectivity index (χ2v) is 9.58. The molecule has 39 heavy (non-hydrogen) atoms. The molecule has 0 spiro atoms. The van der Waals surface area contributed by atoms with Crippen LogP contribution < -0.4 is 25.6 Å². The number of anilines is 4. The van der Waals surface area contributed by atoms with Crippen molar-refractivity contribution in [1.29, 1.82) is 0 Å². The van der Waals surface area contributed by atoms with Crippen LogP contribution in [-0.4, -0.2) is 45.7 Å². The molecule has 2 aromatic carbocycles. The fraction of sp³-hybridized carbons (Fsp3) is 0.222. The topological polar surface area (TPSA) is 142 Å². The van der Waals surface area contributed by atoms with Gasteiger partial charge in [-0.15, -0.1) is 11.3 Å². The van der Waals surface area contributed by atoms with E-state index in [0.29, 0.717) is 24.5 Å². The lowest BCUT2D eigenvalue weighted by Crippen LogP contribution is -2.29. The maximum Gasteiger partial charge on any atom is 0.326 e. The number of benzene rings is 2. The molecule has 4 aromatic rings. The predicted octanol–water partition coefficient (Wildman–Crippen LogP) is 4.99. The molecule has 12 heteroatoms. The van der Waals surface area contributed by atoms with Gasteiger partial charge in [0.15, 0.2) is 0 Å². The van der Waals surface area contributed by atoms with E-state index >= 15 is 0 Å². The average molecular weight is 548 g/mol. The summed E-state index contributed by atoms with van der Waals surface area (Å²) in [5.74, 6) is 0.0365. The van der Waals surface area contributed by atoms with Gasteiger partial charge in [0, 0.05) is 18.0 Å². The maximum atomic E-state index is 12.8. The third kappa shape index (κ3) is 8.14. The predicted molar refractivity (Wildman–Crippen MR) is 152 cm³/mol. The number of nitrogens with one attached hydrogen (secondary N) is 3. The molecule has 11 nitrogen and oxygen atoms in total. The smallest absolute Gasteiger partial charge is 0.326 e. The molecule has 0 unspecified atom stereocenters. The van der Waals surface area contributed by atoms with Gasteiger partial charge in [-0.1, -0.05) is 48.0 Å². The van der Waals surface area contributed by atoms with E-state index in [1.165, 1.54) is 7.11 Å². The Morgan fingerprint density at radius 1 is 1.00 bits per heavy atom. The molecule has 0 bridgehead atoms. The van der Waals surface area contributed by atoms with Crippen LogP contribution in [-0.2, 0) is 17.9 Å². The lowest BCUT2D eigenvalue weighted by Gasteiger charge is -2.23. The fourth-order valence-corrected chi connectivity index (χ4v) is 4.38. The molecule has 0 atom stereocenters. The van der Waals surface area contributed by atoms with E-state index in [2.05, 4.69) is 30.9 Å². The van der Waals surface area contributed by atoms with Crippen molar-refractivity contribution in [2.24, 2.45) is 0 Å². The fourth-order valence-electron chi connectivity index (χ4n) is 3.73. The van der Waals surface area contributed by atoms with E-state index in [4.69, 9.17) is 4.74 Å². The van der Waals surface area contributed by atoms with Crippen LogP contribution in [0, 0.1) is 6.92 Å². The summed E-state index contributed by atoms with van der Waals surface area (Å²) in [5, 5.41) is 19.9. The maximum absolute atomic E-state index is 12.8. The van der Waals surface area contributed by atoms with Crippen molar-refractivity contribution in [1.82, 2.24) is 15.0 Å². The number of nitrogens with zero attached hydrogens (tertiary/aromatic N) is 4. The highest BCUT2D eigenvalue weighted by Gasteiger charge is 2.18. The van der Waals surface area contributed by atoms with Crippen LogP contribution >= 0.6 is 11.3 Å². The zero-order valence-corrected chi connectivity index (χ0v) is 22.4. The number of carbonyl (C=O) groups excluding carboxylic acids is 1. The number of carboxylic acid groups (broad SMARTS) is 1. The molecular formula is C27H29N7O4S. The first-order chi connectivity index (χ1) is 18.9. The standard InChI is InChI=1S/C27H29N7O4S/c1-18-7-5-8-19(15-18)17-34(13-12-23(35)36)26-31-24(28-16-20-9-6-14-39-20)30-25(32-26)33-27(37)29-21-10-3-4-11-22(21)38-2/h3-11,14-15H,12-13,16-17H2,1-2H3,(H,35,36)(H3,28,29,30,31,32,33,37). The number of urea groups is 1. The molecular weight excluding hydrogens is 518 g/mol. The van der Waals surface area contributed by atoms with Gasteiger partial charge in [0.05, 0.1) is 25.8 Å².